The third-order valence-electron chi connectivity index (χ3n) is 4.27. The molecule has 0 aliphatic heterocycles. The second-order valence-electron chi connectivity index (χ2n) is 5.59. The highest BCUT2D eigenvalue weighted by Crippen LogP contribution is 2.36. The molecule has 6 heteroatoms. The van der Waals surface area contributed by atoms with Crippen LogP contribution < -0.4 is 0 Å². The number of hydrogen-bond donors (Lipinski definition) is 1. The number of hydrogen-bond acceptors (Lipinski definition) is 5. The van der Waals surface area contributed by atoms with E-state index in [9.17, 15) is 5.11 Å². The predicted octanol–water partition coefficient (Wildman–Crippen LogP) is 3.52. The highest BCUT2D eigenvalue weighted by molar-refractivity contribution is 7.19. The third-order valence-corrected chi connectivity index (χ3v) is 5.20. The fourth-order valence-corrected chi connectivity index (χ4v) is 3.96. The minimum absolute atomic E-state index is 0.300. The van der Waals surface area contributed by atoms with Gasteiger partial charge in [-0.15, -0.1) is 10.2 Å². The standard InChI is InChI=1S/C15H16N4OS/c1-9-11(7-4-8-12(9)20)14-18-19-13(10-5-2-3-6-10)16-17-15(19)21-14/h4,7-8,10,20H,2-3,5-6H2,1H3. The third kappa shape index (κ3) is 2.01. The molecule has 0 amide bonds. The molecule has 1 aliphatic carbocycles. The van der Waals surface area contributed by atoms with Crippen LogP contribution in [0.1, 0.15) is 43.0 Å². The minimum atomic E-state index is 0.300. The van der Waals surface area contributed by atoms with Crippen molar-refractivity contribution in [1.82, 2.24) is 19.8 Å². The maximum atomic E-state index is 9.86. The van der Waals surface area contributed by atoms with Crippen LogP contribution in [0.25, 0.3) is 15.5 Å². The molecule has 4 rings (SSSR count). The van der Waals surface area contributed by atoms with Crippen LogP contribution >= 0.6 is 11.3 Å². The Morgan fingerprint density at radius 2 is 2.05 bits per heavy atom. The Morgan fingerprint density at radius 3 is 2.86 bits per heavy atom. The van der Waals surface area contributed by atoms with E-state index in [0.29, 0.717) is 11.7 Å². The van der Waals surface area contributed by atoms with Crippen molar-refractivity contribution in [2.24, 2.45) is 0 Å². The van der Waals surface area contributed by atoms with E-state index in [1.807, 2.05) is 23.6 Å². The molecular formula is C15H16N4OS. The van der Waals surface area contributed by atoms with Crippen molar-refractivity contribution in [3.05, 3.63) is 29.6 Å². The van der Waals surface area contributed by atoms with Gasteiger partial charge in [0.05, 0.1) is 0 Å². The quantitative estimate of drug-likeness (QED) is 0.786. The van der Waals surface area contributed by atoms with Gasteiger partial charge in [0, 0.05) is 17.0 Å². The Labute approximate surface area is 126 Å². The van der Waals surface area contributed by atoms with E-state index in [4.69, 9.17) is 0 Å². The number of benzene rings is 1. The molecule has 21 heavy (non-hydrogen) atoms. The Hall–Kier alpha value is -1.95. The monoisotopic (exact) mass is 300 g/mol. The number of fused-ring (bicyclic) bond motifs is 1. The maximum absolute atomic E-state index is 9.86. The molecule has 0 saturated heterocycles. The molecule has 108 valence electrons. The van der Waals surface area contributed by atoms with Gasteiger partial charge < -0.3 is 5.11 Å². The molecule has 1 saturated carbocycles. The fourth-order valence-electron chi connectivity index (χ4n) is 3.03. The first-order valence-corrected chi connectivity index (χ1v) is 8.07. The molecule has 0 unspecified atom stereocenters. The van der Waals surface area contributed by atoms with Gasteiger partial charge in [-0.3, -0.25) is 0 Å². The fraction of sp³-hybridized carbons (Fsp3) is 0.400. The largest absolute Gasteiger partial charge is 0.508 e. The van der Waals surface area contributed by atoms with E-state index in [1.54, 1.807) is 6.07 Å². The summed E-state index contributed by atoms with van der Waals surface area (Å²) < 4.78 is 1.89. The van der Waals surface area contributed by atoms with E-state index < -0.39 is 0 Å². The number of phenolic OH excluding ortho intramolecular Hbond substituents is 1. The zero-order valence-electron chi connectivity index (χ0n) is 11.8. The van der Waals surface area contributed by atoms with Crippen molar-refractivity contribution in [3.63, 3.8) is 0 Å². The van der Waals surface area contributed by atoms with Gasteiger partial charge in [-0.25, -0.2) is 0 Å². The molecule has 0 radical (unpaired) electrons. The topological polar surface area (TPSA) is 63.3 Å². The molecule has 0 bridgehead atoms. The first-order valence-electron chi connectivity index (χ1n) is 7.25. The van der Waals surface area contributed by atoms with Gasteiger partial charge in [0.1, 0.15) is 10.8 Å². The van der Waals surface area contributed by atoms with Crippen LogP contribution in [0, 0.1) is 6.92 Å². The van der Waals surface area contributed by atoms with Gasteiger partial charge in [-0.2, -0.15) is 9.61 Å². The van der Waals surface area contributed by atoms with Crippen molar-refractivity contribution in [3.8, 4) is 16.3 Å². The summed E-state index contributed by atoms with van der Waals surface area (Å²) in [5.41, 5.74) is 1.81. The van der Waals surface area contributed by atoms with Crippen LogP contribution in [0.4, 0.5) is 0 Å². The zero-order valence-corrected chi connectivity index (χ0v) is 12.6. The normalized spacial score (nSPS) is 16.0. The molecule has 3 aromatic rings. The number of aromatic nitrogens is 4. The number of nitrogens with zero attached hydrogens (tertiary/aromatic N) is 4. The van der Waals surface area contributed by atoms with Gasteiger partial charge in [-0.05, 0) is 25.8 Å². The van der Waals surface area contributed by atoms with Crippen molar-refractivity contribution < 1.29 is 5.11 Å². The predicted molar refractivity (Wildman–Crippen MR) is 81.7 cm³/mol. The molecule has 1 fully saturated rings. The Bertz CT molecular complexity index is 801. The molecular weight excluding hydrogens is 284 g/mol. The highest BCUT2D eigenvalue weighted by Gasteiger charge is 2.24. The zero-order chi connectivity index (χ0) is 14.4. The lowest BCUT2D eigenvalue weighted by molar-refractivity contribution is 0.471. The van der Waals surface area contributed by atoms with Gasteiger partial charge in [-0.1, -0.05) is 36.3 Å². The summed E-state index contributed by atoms with van der Waals surface area (Å²) in [6.45, 7) is 1.91. The van der Waals surface area contributed by atoms with E-state index in [0.717, 1.165) is 26.9 Å². The Kier molecular flexibility index (Phi) is 2.92. The molecule has 1 aromatic carbocycles. The summed E-state index contributed by atoms with van der Waals surface area (Å²) in [5, 5.41) is 24.0. The first-order chi connectivity index (χ1) is 10.2. The number of rotatable bonds is 2. The summed E-state index contributed by atoms with van der Waals surface area (Å²) in [4.78, 5) is 0.828. The molecule has 2 aromatic heterocycles. The van der Waals surface area contributed by atoms with Crippen LogP contribution in [-0.4, -0.2) is 24.9 Å². The van der Waals surface area contributed by atoms with E-state index in [2.05, 4.69) is 15.3 Å². The minimum Gasteiger partial charge on any atom is -0.508 e. The molecule has 0 spiro atoms. The molecule has 1 aliphatic rings. The molecule has 0 atom stereocenters. The van der Waals surface area contributed by atoms with Crippen molar-refractivity contribution in [2.75, 3.05) is 0 Å². The second kappa shape index (κ2) is 4.80. The van der Waals surface area contributed by atoms with Crippen LogP contribution in [0.5, 0.6) is 5.75 Å². The van der Waals surface area contributed by atoms with Crippen molar-refractivity contribution >= 4 is 16.3 Å². The lowest BCUT2D eigenvalue weighted by Crippen LogP contribution is -2.01. The van der Waals surface area contributed by atoms with Crippen LogP contribution in [-0.2, 0) is 0 Å². The summed E-state index contributed by atoms with van der Waals surface area (Å²) in [6, 6.07) is 5.52. The summed E-state index contributed by atoms with van der Waals surface area (Å²) >= 11 is 1.52. The van der Waals surface area contributed by atoms with Gasteiger partial charge in [0.25, 0.3) is 0 Å². The average molecular weight is 300 g/mol. The lowest BCUT2D eigenvalue weighted by atomic mass is 10.1. The van der Waals surface area contributed by atoms with Gasteiger partial charge >= 0.3 is 0 Å². The van der Waals surface area contributed by atoms with Crippen LogP contribution in [0.15, 0.2) is 18.2 Å². The smallest absolute Gasteiger partial charge is 0.234 e. The molecule has 5 nitrogen and oxygen atoms in total. The lowest BCUT2D eigenvalue weighted by Gasteiger charge is -2.05. The average Bonchev–Trinajstić information content (AvgIpc) is 3.16. The van der Waals surface area contributed by atoms with Gasteiger partial charge in [0.2, 0.25) is 4.96 Å². The maximum Gasteiger partial charge on any atom is 0.234 e. The van der Waals surface area contributed by atoms with E-state index in [-0.39, 0.29) is 0 Å². The molecule has 1 N–H and O–H groups in total. The summed E-state index contributed by atoms with van der Waals surface area (Å²) in [7, 11) is 0. The highest BCUT2D eigenvalue weighted by atomic mass is 32.1. The summed E-state index contributed by atoms with van der Waals surface area (Å²) in [6.07, 6.45) is 4.89. The number of aromatic hydroxyl groups is 1. The van der Waals surface area contributed by atoms with E-state index in [1.165, 1.54) is 37.0 Å². The summed E-state index contributed by atoms with van der Waals surface area (Å²) in [5.74, 6) is 1.78. The second-order valence-corrected chi connectivity index (χ2v) is 6.55. The van der Waals surface area contributed by atoms with Crippen LogP contribution in [0.2, 0.25) is 0 Å². The van der Waals surface area contributed by atoms with Crippen LogP contribution in [0.3, 0.4) is 0 Å². The van der Waals surface area contributed by atoms with Crippen molar-refractivity contribution in [1.29, 1.82) is 0 Å². The Morgan fingerprint density at radius 1 is 1.24 bits per heavy atom. The van der Waals surface area contributed by atoms with Crippen molar-refractivity contribution in [2.45, 2.75) is 38.5 Å². The molecule has 2 heterocycles. The number of phenols is 1. The van der Waals surface area contributed by atoms with Gasteiger partial charge in [0.15, 0.2) is 5.82 Å². The Balaban J connectivity index is 1.82. The SMILES string of the molecule is Cc1c(O)cccc1-c1nn2c(C3CCCC3)nnc2s1. The van der Waals surface area contributed by atoms with E-state index >= 15 is 0 Å². The first kappa shape index (κ1) is 12.8.